The predicted octanol–water partition coefficient (Wildman–Crippen LogP) is 2.16. The van der Waals surface area contributed by atoms with Gasteiger partial charge in [-0.05, 0) is 6.92 Å². The van der Waals surface area contributed by atoms with Crippen molar-refractivity contribution in [1.82, 2.24) is 24.4 Å². The number of rotatable bonds is 6. The van der Waals surface area contributed by atoms with Gasteiger partial charge in [0.2, 0.25) is 0 Å². The molecule has 2 amide bonds. The summed E-state index contributed by atoms with van der Waals surface area (Å²) < 4.78 is 2.50. The zero-order chi connectivity index (χ0) is 29.2. The second-order valence-electron chi connectivity index (χ2n) is 10.6. The number of nitrogens with one attached hydrogen (secondary N) is 1. The first-order valence-electron chi connectivity index (χ1n) is 13.0. The van der Waals surface area contributed by atoms with E-state index in [4.69, 9.17) is 11.6 Å². The van der Waals surface area contributed by atoms with Crippen LogP contribution in [0.4, 0.5) is 5.82 Å². The fourth-order valence-corrected chi connectivity index (χ4v) is 9.40. The number of pyridine rings is 1. The topological polar surface area (TPSA) is 110 Å². The van der Waals surface area contributed by atoms with Crippen LogP contribution in [-0.2, 0) is 16.1 Å². The van der Waals surface area contributed by atoms with Crippen molar-refractivity contribution in [2.75, 3.05) is 5.32 Å². The monoisotopic (exact) mass is 747 g/mol. The SMILES string of the molecule is CC(=O)c1cn(CC(=O)N2[C@H](C(=O)Nc3nc(Br)ccc3Cl)C[C@@]3(C)[I-][C@@H]23)c2c(C)cc(-c3cnc(C)nc3)cc12. The molecule has 1 N–H and O–H groups in total. The summed E-state index contributed by atoms with van der Waals surface area (Å²) >= 11 is 9.33. The Labute approximate surface area is 260 Å². The third kappa shape index (κ3) is 5.16. The van der Waals surface area contributed by atoms with Gasteiger partial charge in [-0.15, -0.1) is 0 Å². The number of nitrogens with zero attached hydrogens (tertiary/aromatic N) is 5. The number of halogens is 3. The van der Waals surface area contributed by atoms with Gasteiger partial charge in [0.15, 0.2) is 0 Å². The summed E-state index contributed by atoms with van der Waals surface area (Å²) in [6, 6.07) is 6.70. The molecule has 2 fully saturated rings. The summed E-state index contributed by atoms with van der Waals surface area (Å²) in [6.07, 6.45) is 5.90. The molecule has 0 saturated carbocycles. The van der Waals surface area contributed by atoms with E-state index in [1.807, 2.05) is 30.5 Å². The van der Waals surface area contributed by atoms with Gasteiger partial charge in [-0.2, -0.15) is 0 Å². The minimum absolute atomic E-state index is 0.00920. The standard InChI is InChI=1S/C29H26BrClIN6O3/c1-14-7-17(18-10-33-16(3)34-11-18)8-19-20(15(2)39)12-37(25(14)19)13-24(40)38-22(9-29(4)28(38)32-29)27(41)36-26-21(31)5-6-23(30)35-26/h5-8,10-12,22,28H,9,13H2,1-4H3,(H,35,36,41)/q-1/t22-,28-,29+/m0/s1. The number of Topliss-reactive ketones (excluding diaryl/α,β-unsaturated/α-hetero) is 1. The number of benzene rings is 1. The molecule has 3 atom stereocenters. The molecule has 0 spiro atoms. The average molecular weight is 749 g/mol. The van der Waals surface area contributed by atoms with Crippen LogP contribution in [0.5, 0.6) is 0 Å². The number of alkyl halides is 2. The normalized spacial score (nSPS) is 21.4. The second kappa shape index (κ2) is 10.4. The average Bonchev–Trinajstić information content (AvgIpc) is 3.27. The van der Waals surface area contributed by atoms with E-state index in [1.165, 1.54) is 6.92 Å². The van der Waals surface area contributed by atoms with Crippen LogP contribution in [0.15, 0.2) is 47.5 Å². The molecule has 4 aromatic rings. The van der Waals surface area contributed by atoms with Crippen molar-refractivity contribution in [3.8, 4) is 11.1 Å². The maximum atomic E-state index is 13.9. The number of carbonyl (C=O) groups excluding carboxylic acids is 3. The van der Waals surface area contributed by atoms with Crippen molar-refractivity contribution in [1.29, 1.82) is 0 Å². The van der Waals surface area contributed by atoms with Crippen LogP contribution in [0, 0.1) is 13.8 Å². The van der Waals surface area contributed by atoms with Gasteiger partial charge in [0.1, 0.15) is 5.82 Å². The van der Waals surface area contributed by atoms with Crippen LogP contribution in [0.25, 0.3) is 22.0 Å². The number of hydrogen-bond donors (Lipinski definition) is 1. The Morgan fingerprint density at radius 2 is 1.90 bits per heavy atom. The van der Waals surface area contributed by atoms with Crippen molar-refractivity contribution in [3.63, 3.8) is 0 Å². The molecule has 6 rings (SSSR count). The van der Waals surface area contributed by atoms with E-state index in [0.717, 1.165) is 27.6 Å². The summed E-state index contributed by atoms with van der Waals surface area (Å²) in [7, 11) is 0. The van der Waals surface area contributed by atoms with Gasteiger partial charge in [0.25, 0.3) is 0 Å². The van der Waals surface area contributed by atoms with Crippen LogP contribution in [0.1, 0.15) is 42.0 Å². The molecule has 41 heavy (non-hydrogen) atoms. The zero-order valence-electron chi connectivity index (χ0n) is 22.7. The van der Waals surface area contributed by atoms with E-state index < -0.39 is 6.04 Å². The molecule has 0 aliphatic carbocycles. The Balaban J connectivity index is 1.32. The Hall–Kier alpha value is -2.90. The number of anilines is 1. The zero-order valence-corrected chi connectivity index (χ0v) is 27.2. The molecule has 212 valence electrons. The number of amides is 2. The first-order valence-corrected chi connectivity index (χ1v) is 16.5. The summed E-state index contributed by atoms with van der Waals surface area (Å²) in [5.74, 6) is 0.403. The van der Waals surface area contributed by atoms with Gasteiger partial charge in [0, 0.05) is 0 Å². The molecule has 2 aliphatic heterocycles. The molecule has 2 saturated heterocycles. The predicted molar refractivity (Wildman–Crippen MR) is 155 cm³/mol. The molecule has 0 bridgehead atoms. The fraction of sp³-hybridized carbons (Fsp3) is 0.310. The van der Waals surface area contributed by atoms with Crippen molar-refractivity contribution < 1.29 is 35.6 Å². The van der Waals surface area contributed by atoms with E-state index in [0.29, 0.717) is 27.4 Å². The molecule has 0 radical (unpaired) electrons. The number of hydrogen-bond acceptors (Lipinski definition) is 6. The molecule has 2 aliphatic rings. The van der Waals surface area contributed by atoms with E-state index in [2.05, 4.69) is 43.1 Å². The first-order chi connectivity index (χ1) is 19.4. The Bertz CT molecular complexity index is 1760. The van der Waals surface area contributed by atoms with E-state index in [1.54, 1.807) is 35.6 Å². The first kappa shape index (κ1) is 28.2. The van der Waals surface area contributed by atoms with Gasteiger partial charge < -0.3 is 0 Å². The van der Waals surface area contributed by atoms with Crippen molar-refractivity contribution in [2.45, 2.75) is 54.2 Å². The molecule has 12 heteroatoms. The van der Waals surface area contributed by atoms with Gasteiger partial charge in [0.05, 0.1) is 0 Å². The van der Waals surface area contributed by atoms with Crippen LogP contribution in [0.2, 0.25) is 5.02 Å². The fourth-order valence-electron chi connectivity index (χ4n) is 5.55. The van der Waals surface area contributed by atoms with Gasteiger partial charge in [-0.25, -0.2) is 0 Å². The molecule has 5 heterocycles. The number of aryl methyl sites for hydroxylation is 2. The molecule has 9 nitrogen and oxygen atoms in total. The van der Waals surface area contributed by atoms with Crippen LogP contribution in [-0.4, -0.2) is 55.5 Å². The third-order valence-electron chi connectivity index (χ3n) is 7.58. The Morgan fingerprint density at radius 3 is 2.61 bits per heavy atom. The number of likely N-dealkylation sites (tertiary alicyclic amines) is 1. The summed E-state index contributed by atoms with van der Waals surface area (Å²) in [6.45, 7) is 7.50. The van der Waals surface area contributed by atoms with Gasteiger partial charge in [-0.1, -0.05) is 0 Å². The minimum atomic E-state index is -0.619. The van der Waals surface area contributed by atoms with Crippen LogP contribution >= 0.6 is 27.5 Å². The molecular formula is C29H26BrClIN6O3-. The summed E-state index contributed by atoms with van der Waals surface area (Å²) in [4.78, 5) is 54.7. The van der Waals surface area contributed by atoms with E-state index in [9.17, 15) is 14.4 Å². The second-order valence-corrected chi connectivity index (χ2v) is 16.1. The van der Waals surface area contributed by atoms with Crippen LogP contribution < -0.4 is 26.5 Å². The number of aromatic nitrogens is 4. The van der Waals surface area contributed by atoms with Gasteiger partial charge in [-0.3, -0.25) is 0 Å². The third-order valence-corrected chi connectivity index (χ3v) is 12.7. The van der Waals surface area contributed by atoms with Crippen molar-refractivity contribution in [3.05, 3.63) is 69.4 Å². The van der Waals surface area contributed by atoms with E-state index in [-0.39, 0.29) is 58.6 Å². The van der Waals surface area contributed by atoms with Gasteiger partial charge >= 0.3 is 249 Å². The number of fused-ring (bicyclic) bond motifs is 2. The van der Waals surface area contributed by atoms with Crippen molar-refractivity contribution >= 4 is 61.8 Å². The molecule has 1 aromatic carbocycles. The number of ketones is 1. The quantitative estimate of drug-likeness (QED) is 0.107. The Kier molecular flexibility index (Phi) is 7.18. The molecule has 0 unspecified atom stereocenters. The molecular weight excluding hydrogens is 723 g/mol. The number of carbonyl (C=O) groups is 3. The van der Waals surface area contributed by atoms with E-state index >= 15 is 0 Å². The molecule has 3 aromatic heterocycles. The summed E-state index contributed by atoms with van der Waals surface area (Å²) in [5, 5.41) is 3.92. The maximum absolute atomic E-state index is 13.9. The summed E-state index contributed by atoms with van der Waals surface area (Å²) in [5.41, 5.74) is 4.03. The Morgan fingerprint density at radius 1 is 1.17 bits per heavy atom. The van der Waals surface area contributed by atoms with Crippen LogP contribution in [0.3, 0.4) is 0 Å². The van der Waals surface area contributed by atoms with Crippen molar-refractivity contribution in [2.24, 2.45) is 0 Å².